The van der Waals surface area contributed by atoms with E-state index in [0.717, 1.165) is 11.1 Å². The van der Waals surface area contributed by atoms with Crippen molar-refractivity contribution in [1.29, 1.82) is 0 Å². The molecule has 0 radical (unpaired) electrons. The Morgan fingerprint density at radius 2 is 2.05 bits per heavy atom. The molecular formula is C15H16N2O3. The van der Waals surface area contributed by atoms with Crippen LogP contribution in [0.5, 0.6) is 11.6 Å². The lowest BCUT2D eigenvalue weighted by molar-refractivity contribution is 0.292. The first-order valence-corrected chi connectivity index (χ1v) is 6.15. The number of para-hydroxylation sites is 1. The molecule has 0 saturated heterocycles. The minimum Gasteiger partial charge on any atom is -0.488 e. The number of aromatic nitrogens is 1. The number of benzene rings is 1. The summed E-state index contributed by atoms with van der Waals surface area (Å²) >= 11 is 0. The fourth-order valence-electron chi connectivity index (χ4n) is 1.82. The fraction of sp³-hybridized carbons (Fsp3) is 0.200. The second-order valence-electron chi connectivity index (χ2n) is 4.14. The lowest BCUT2D eigenvalue weighted by Gasteiger charge is -2.12. The van der Waals surface area contributed by atoms with Gasteiger partial charge in [0.2, 0.25) is 5.88 Å². The van der Waals surface area contributed by atoms with E-state index in [1.165, 1.54) is 0 Å². The van der Waals surface area contributed by atoms with Gasteiger partial charge in [-0.2, -0.15) is 0 Å². The predicted molar refractivity (Wildman–Crippen MR) is 75.6 cm³/mol. The summed E-state index contributed by atoms with van der Waals surface area (Å²) in [7, 11) is 1.57. The molecule has 2 aromatic rings. The third-order valence-corrected chi connectivity index (χ3v) is 2.85. The standard InChI is InChI=1S/C15H16N2O3/c1-11(17-18)13-7-3-4-8-14(13)20-10-12-6-5-9-16-15(12)19-2/h3-9,18H,10H2,1-2H3/b17-11+. The van der Waals surface area contributed by atoms with Crippen LogP contribution in [0.2, 0.25) is 0 Å². The lowest BCUT2D eigenvalue weighted by Crippen LogP contribution is -2.04. The first kappa shape index (κ1) is 13.9. The topological polar surface area (TPSA) is 63.9 Å². The van der Waals surface area contributed by atoms with Crippen LogP contribution in [0.15, 0.2) is 47.8 Å². The summed E-state index contributed by atoms with van der Waals surface area (Å²) in [5, 5.41) is 12.1. The number of nitrogens with zero attached hydrogens (tertiary/aromatic N) is 2. The van der Waals surface area contributed by atoms with Crippen LogP contribution < -0.4 is 9.47 Å². The minimum absolute atomic E-state index is 0.326. The third-order valence-electron chi connectivity index (χ3n) is 2.85. The zero-order chi connectivity index (χ0) is 14.4. The number of rotatable bonds is 5. The van der Waals surface area contributed by atoms with E-state index in [1.807, 2.05) is 36.4 Å². The van der Waals surface area contributed by atoms with Crippen molar-refractivity contribution in [1.82, 2.24) is 4.98 Å². The highest BCUT2D eigenvalue weighted by molar-refractivity contribution is 6.00. The molecule has 5 nitrogen and oxygen atoms in total. The van der Waals surface area contributed by atoms with Crippen LogP contribution in [0.25, 0.3) is 0 Å². The second-order valence-corrected chi connectivity index (χ2v) is 4.14. The van der Waals surface area contributed by atoms with Crippen molar-refractivity contribution in [3.8, 4) is 11.6 Å². The van der Waals surface area contributed by atoms with Crippen LogP contribution in [-0.2, 0) is 6.61 Å². The van der Waals surface area contributed by atoms with Crippen LogP contribution in [-0.4, -0.2) is 23.0 Å². The van der Waals surface area contributed by atoms with Crippen molar-refractivity contribution in [2.75, 3.05) is 7.11 Å². The Morgan fingerprint density at radius 3 is 2.80 bits per heavy atom. The van der Waals surface area contributed by atoms with Gasteiger partial charge in [0.15, 0.2) is 0 Å². The summed E-state index contributed by atoms with van der Waals surface area (Å²) in [5.41, 5.74) is 2.10. The highest BCUT2D eigenvalue weighted by Gasteiger charge is 2.09. The van der Waals surface area contributed by atoms with E-state index in [2.05, 4.69) is 10.1 Å². The Kier molecular flexibility index (Phi) is 4.55. The molecule has 0 amide bonds. The summed E-state index contributed by atoms with van der Waals surface area (Å²) in [6, 6.07) is 11.1. The second kappa shape index (κ2) is 6.56. The normalized spacial score (nSPS) is 11.2. The minimum atomic E-state index is 0.326. The maximum absolute atomic E-state index is 8.88. The molecule has 0 aliphatic heterocycles. The Morgan fingerprint density at radius 1 is 1.25 bits per heavy atom. The maximum atomic E-state index is 8.88. The molecule has 0 fully saturated rings. The molecule has 0 aliphatic carbocycles. The summed E-state index contributed by atoms with van der Waals surface area (Å²) < 4.78 is 11.0. The molecule has 0 bridgehead atoms. The summed E-state index contributed by atoms with van der Waals surface area (Å²) in [6.07, 6.45) is 1.67. The molecule has 0 aliphatic rings. The van der Waals surface area contributed by atoms with Crippen molar-refractivity contribution >= 4 is 5.71 Å². The van der Waals surface area contributed by atoms with Gasteiger partial charge < -0.3 is 14.7 Å². The monoisotopic (exact) mass is 272 g/mol. The summed E-state index contributed by atoms with van der Waals surface area (Å²) in [4.78, 5) is 4.12. The number of hydrogen-bond acceptors (Lipinski definition) is 5. The van der Waals surface area contributed by atoms with Crippen LogP contribution in [0.4, 0.5) is 0 Å². The van der Waals surface area contributed by atoms with E-state index in [4.69, 9.17) is 14.7 Å². The molecule has 5 heteroatoms. The Labute approximate surface area is 117 Å². The average Bonchev–Trinajstić information content (AvgIpc) is 2.52. The van der Waals surface area contributed by atoms with E-state index >= 15 is 0 Å². The van der Waals surface area contributed by atoms with Crippen LogP contribution in [0.3, 0.4) is 0 Å². The molecular weight excluding hydrogens is 256 g/mol. The third kappa shape index (κ3) is 3.06. The molecule has 0 unspecified atom stereocenters. The van der Waals surface area contributed by atoms with Crippen molar-refractivity contribution < 1.29 is 14.7 Å². The van der Waals surface area contributed by atoms with Gasteiger partial charge in [0.05, 0.1) is 18.4 Å². The molecule has 2 rings (SSSR count). The highest BCUT2D eigenvalue weighted by Crippen LogP contribution is 2.22. The molecule has 0 spiro atoms. The summed E-state index contributed by atoms with van der Waals surface area (Å²) in [5.74, 6) is 1.19. The van der Waals surface area contributed by atoms with Gasteiger partial charge in [0.25, 0.3) is 0 Å². The Balaban J connectivity index is 2.19. The van der Waals surface area contributed by atoms with Crippen molar-refractivity contribution in [2.45, 2.75) is 13.5 Å². The van der Waals surface area contributed by atoms with E-state index < -0.39 is 0 Å². The van der Waals surface area contributed by atoms with Crippen LogP contribution in [0, 0.1) is 0 Å². The zero-order valence-electron chi connectivity index (χ0n) is 11.4. The number of hydrogen-bond donors (Lipinski definition) is 1. The first-order valence-electron chi connectivity index (χ1n) is 6.15. The van der Waals surface area contributed by atoms with Crippen molar-refractivity contribution in [3.63, 3.8) is 0 Å². The number of oxime groups is 1. The zero-order valence-corrected chi connectivity index (χ0v) is 11.4. The Bertz CT molecular complexity index is 612. The molecule has 104 valence electrons. The molecule has 1 heterocycles. The van der Waals surface area contributed by atoms with Crippen LogP contribution in [0.1, 0.15) is 18.1 Å². The SMILES string of the molecule is COc1ncccc1COc1ccccc1/C(C)=N/O. The highest BCUT2D eigenvalue weighted by atomic mass is 16.5. The number of pyridine rings is 1. The van der Waals surface area contributed by atoms with Gasteiger partial charge in [-0.05, 0) is 31.2 Å². The molecule has 20 heavy (non-hydrogen) atoms. The van der Waals surface area contributed by atoms with Gasteiger partial charge in [-0.25, -0.2) is 4.98 Å². The number of ether oxygens (including phenoxy) is 2. The molecule has 0 atom stereocenters. The van der Waals surface area contributed by atoms with Crippen molar-refractivity contribution in [3.05, 3.63) is 53.7 Å². The predicted octanol–water partition coefficient (Wildman–Crippen LogP) is 2.87. The molecule has 1 aromatic heterocycles. The quantitative estimate of drug-likeness (QED) is 0.516. The lowest BCUT2D eigenvalue weighted by atomic mass is 10.1. The largest absolute Gasteiger partial charge is 0.488 e. The van der Waals surface area contributed by atoms with Gasteiger partial charge in [-0.3, -0.25) is 0 Å². The first-order chi connectivity index (χ1) is 9.76. The number of methoxy groups -OCH3 is 1. The smallest absolute Gasteiger partial charge is 0.219 e. The van der Waals surface area contributed by atoms with E-state index in [0.29, 0.717) is 23.9 Å². The summed E-state index contributed by atoms with van der Waals surface area (Å²) in [6.45, 7) is 2.04. The van der Waals surface area contributed by atoms with Gasteiger partial charge >= 0.3 is 0 Å². The van der Waals surface area contributed by atoms with Gasteiger partial charge in [0.1, 0.15) is 12.4 Å². The van der Waals surface area contributed by atoms with Gasteiger partial charge in [-0.15, -0.1) is 0 Å². The maximum Gasteiger partial charge on any atom is 0.219 e. The van der Waals surface area contributed by atoms with Crippen LogP contribution >= 0.6 is 0 Å². The fourth-order valence-corrected chi connectivity index (χ4v) is 1.82. The van der Waals surface area contributed by atoms with E-state index in [-0.39, 0.29) is 0 Å². The Hall–Kier alpha value is -2.56. The van der Waals surface area contributed by atoms with E-state index in [9.17, 15) is 0 Å². The molecule has 1 N–H and O–H groups in total. The van der Waals surface area contributed by atoms with Gasteiger partial charge in [0, 0.05) is 11.8 Å². The van der Waals surface area contributed by atoms with E-state index in [1.54, 1.807) is 20.2 Å². The average molecular weight is 272 g/mol. The van der Waals surface area contributed by atoms with Crippen molar-refractivity contribution in [2.24, 2.45) is 5.16 Å². The van der Waals surface area contributed by atoms with Gasteiger partial charge in [-0.1, -0.05) is 17.3 Å². The molecule has 1 aromatic carbocycles. The molecule has 0 saturated carbocycles.